The van der Waals surface area contributed by atoms with E-state index < -0.39 is 16.0 Å². The minimum Gasteiger partial charge on any atom is -0.452 e. The maximum absolute atomic E-state index is 12.8. The van der Waals surface area contributed by atoms with E-state index >= 15 is 0 Å². The molecule has 2 fully saturated rings. The lowest BCUT2D eigenvalue weighted by molar-refractivity contribution is -0.151. The van der Waals surface area contributed by atoms with Gasteiger partial charge >= 0.3 is 5.97 Å². The molecule has 1 aromatic carbocycles. The van der Waals surface area contributed by atoms with Crippen LogP contribution in [0.25, 0.3) is 6.08 Å². The molecule has 0 radical (unpaired) electrons. The Morgan fingerprint density at radius 3 is 2.16 bits per heavy atom. The molecule has 7 nitrogen and oxygen atoms in total. The van der Waals surface area contributed by atoms with Gasteiger partial charge in [-0.2, -0.15) is 4.31 Å². The summed E-state index contributed by atoms with van der Waals surface area (Å²) in [6.45, 7) is 4.88. The standard InChI is InChI=1S/C24H34N2O5S/c1-19-8-7-9-20(2)26(19)23(27)18-31-24(28)15-12-21-10-13-22(14-11-21)32(29,30)25-16-5-3-4-6-17-25/h10-15,19-20H,3-9,16-18H2,1-2H3/b15-12+. The Morgan fingerprint density at radius 2 is 1.56 bits per heavy atom. The number of rotatable bonds is 6. The zero-order chi connectivity index (χ0) is 23.1. The van der Waals surface area contributed by atoms with Crippen LogP contribution >= 0.6 is 0 Å². The molecular formula is C24H34N2O5S. The predicted molar refractivity (Wildman–Crippen MR) is 123 cm³/mol. The number of carbonyl (C=O) groups excluding carboxylic acids is 2. The van der Waals surface area contributed by atoms with Gasteiger partial charge in [-0.15, -0.1) is 0 Å². The fraction of sp³-hybridized carbons (Fsp3) is 0.583. The molecule has 0 aliphatic carbocycles. The number of piperidine rings is 1. The van der Waals surface area contributed by atoms with Crippen molar-refractivity contribution in [1.82, 2.24) is 9.21 Å². The minimum atomic E-state index is -3.50. The number of carbonyl (C=O) groups is 2. The number of likely N-dealkylation sites (tertiary alicyclic amines) is 1. The SMILES string of the molecule is CC1CCCC(C)N1C(=O)COC(=O)/C=C/c1ccc(S(=O)(=O)N2CCCCCC2)cc1. The summed E-state index contributed by atoms with van der Waals surface area (Å²) in [5, 5.41) is 0. The van der Waals surface area contributed by atoms with Crippen molar-refractivity contribution < 1.29 is 22.7 Å². The Kier molecular flexibility index (Phi) is 8.48. The molecule has 2 aliphatic heterocycles. The van der Waals surface area contributed by atoms with Gasteiger partial charge in [-0.25, -0.2) is 13.2 Å². The fourth-order valence-corrected chi connectivity index (χ4v) is 6.03. The molecule has 0 N–H and O–H groups in total. The van der Waals surface area contributed by atoms with Crippen molar-refractivity contribution in [3.63, 3.8) is 0 Å². The average Bonchev–Trinajstić information content (AvgIpc) is 3.07. The number of ether oxygens (including phenoxy) is 1. The van der Waals surface area contributed by atoms with Crippen LogP contribution in [0.5, 0.6) is 0 Å². The maximum Gasteiger partial charge on any atom is 0.331 e. The first kappa shape index (κ1) is 24.5. The Morgan fingerprint density at radius 1 is 0.969 bits per heavy atom. The van der Waals surface area contributed by atoms with Crippen LogP contribution < -0.4 is 0 Å². The third-order valence-electron chi connectivity index (χ3n) is 6.31. The van der Waals surface area contributed by atoms with E-state index in [4.69, 9.17) is 4.74 Å². The van der Waals surface area contributed by atoms with E-state index in [2.05, 4.69) is 0 Å². The molecule has 0 saturated carbocycles. The highest BCUT2D eigenvalue weighted by Crippen LogP contribution is 2.23. The van der Waals surface area contributed by atoms with Gasteiger partial charge in [0.1, 0.15) is 0 Å². The molecule has 0 spiro atoms. The second-order valence-electron chi connectivity index (χ2n) is 8.76. The van der Waals surface area contributed by atoms with Gasteiger partial charge in [-0.05, 0) is 69.7 Å². The van der Waals surface area contributed by atoms with Crippen LogP contribution in [-0.4, -0.2) is 61.3 Å². The third-order valence-corrected chi connectivity index (χ3v) is 8.23. The van der Waals surface area contributed by atoms with E-state index in [1.807, 2.05) is 18.7 Å². The molecular weight excluding hydrogens is 428 g/mol. The molecule has 3 rings (SSSR count). The summed E-state index contributed by atoms with van der Waals surface area (Å²) >= 11 is 0. The highest BCUT2D eigenvalue weighted by molar-refractivity contribution is 7.89. The Hall–Kier alpha value is -2.19. The van der Waals surface area contributed by atoms with Gasteiger partial charge in [-0.3, -0.25) is 4.79 Å². The van der Waals surface area contributed by atoms with E-state index in [0.29, 0.717) is 18.7 Å². The fourth-order valence-electron chi connectivity index (χ4n) is 4.51. The normalized spacial score (nSPS) is 23.1. The van der Waals surface area contributed by atoms with E-state index in [1.165, 1.54) is 6.08 Å². The summed E-state index contributed by atoms with van der Waals surface area (Å²) in [5.74, 6) is -0.772. The number of nitrogens with zero attached hydrogens (tertiary/aromatic N) is 2. The molecule has 0 aromatic heterocycles. The van der Waals surface area contributed by atoms with Crippen molar-refractivity contribution in [3.8, 4) is 0 Å². The molecule has 1 amide bonds. The summed E-state index contributed by atoms with van der Waals surface area (Å²) in [7, 11) is -3.50. The number of hydrogen-bond acceptors (Lipinski definition) is 5. The van der Waals surface area contributed by atoms with Crippen molar-refractivity contribution in [1.29, 1.82) is 0 Å². The monoisotopic (exact) mass is 462 g/mol. The highest BCUT2D eigenvalue weighted by Gasteiger charge is 2.29. The van der Waals surface area contributed by atoms with Crippen LogP contribution in [0.4, 0.5) is 0 Å². The third kappa shape index (κ3) is 6.19. The van der Waals surface area contributed by atoms with Gasteiger partial charge in [0, 0.05) is 31.2 Å². The van der Waals surface area contributed by atoms with Gasteiger partial charge in [0.15, 0.2) is 6.61 Å². The zero-order valence-corrected chi connectivity index (χ0v) is 19.9. The second-order valence-corrected chi connectivity index (χ2v) is 10.7. The van der Waals surface area contributed by atoms with Gasteiger partial charge in [-0.1, -0.05) is 25.0 Å². The van der Waals surface area contributed by atoms with Crippen molar-refractivity contribution in [2.45, 2.75) is 75.8 Å². The van der Waals surface area contributed by atoms with Crippen LogP contribution in [0.2, 0.25) is 0 Å². The largest absolute Gasteiger partial charge is 0.452 e. The van der Waals surface area contributed by atoms with Crippen LogP contribution in [0, 0.1) is 0 Å². The average molecular weight is 463 g/mol. The van der Waals surface area contributed by atoms with Gasteiger partial charge in [0.2, 0.25) is 10.0 Å². The van der Waals surface area contributed by atoms with Crippen molar-refractivity contribution >= 4 is 28.0 Å². The number of hydrogen-bond donors (Lipinski definition) is 0. The second kappa shape index (κ2) is 11.1. The predicted octanol–water partition coefficient (Wildman–Crippen LogP) is 3.60. The van der Waals surface area contributed by atoms with Crippen LogP contribution in [0.15, 0.2) is 35.2 Å². The van der Waals surface area contributed by atoms with Crippen molar-refractivity contribution in [2.24, 2.45) is 0 Å². The molecule has 2 unspecified atom stereocenters. The molecule has 1 aromatic rings. The lowest BCUT2D eigenvalue weighted by Crippen LogP contribution is -2.49. The van der Waals surface area contributed by atoms with E-state index in [1.54, 1.807) is 34.6 Å². The lowest BCUT2D eigenvalue weighted by atomic mass is 9.97. The smallest absolute Gasteiger partial charge is 0.331 e. The first-order valence-electron chi connectivity index (χ1n) is 11.6. The quantitative estimate of drug-likeness (QED) is 0.476. The molecule has 0 bridgehead atoms. The van der Waals surface area contributed by atoms with Gasteiger partial charge < -0.3 is 9.64 Å². The zero-order valence-electron chi connectivity index (χ0n) is 19.0. The number of sulfonamides is 1. The molecule has 2 atom stereocenters. The number of benzene rings is 1. The maximum atomic E-state index is 12.8. The van der Waals surface area contributed by atoms with Gasteiger partial charge in [0.05, 0.1) is 4.90 Å². The van der Waals surface area contributed by atoms with E-state index in [9.17, 15) is 18.0 Å². The molecule has 2 saturated heterocycles. The molecule has 176 valence electrons. The molecule has 32 heavy (non-hydrogen) atoms. The number of esters is 1. The van der Waals surface area contributed by atoms with Crippen LogP contribution in [0.1, 0.15) is 64.4 Å². The lowest BCUT2D eigenvalue weighted by Gasteiger charge is -2.38. The molecule has 2 heterocycles. The molecule has 8 heteroatoms. The number of amides is 1. The van der Waals surface area contributed by atoms with Crippen LogP contribution in [-0.2, 0) is 24.3 Å². The minimum absolute atomic E-state index is 0.157. The summed E-state index contributed by atoms with van der Waals surface area (Å²) in [4.78, 5) is 26.6. The highest BCUT2D eigenvalue weighted by atomic mass is 32.2. The summed E-state index contributed by atoms with van der Waals surface area (Å²) < 4.78 is 32.4. The topological polar surface area (TPSA) is 84.0 Å². The molecule has 2 aliphatic rings. The first-order chi connectivity index (χ1) is 15.3. The Labute approximate surface area is 191 Å². The summed E-state index contributed by atoms with van der Waals surface area (Å²) in [6, 6.07) is 6.77. The Balaban J connectivity index is 1.53. The van der Waals surface area contributed by atoms with Gasteiger partial charge in [0.25, 0.3) is 5.91 Å². The van der Waals surface area contributed by atoms with Crippen LogP contribution in [0.3, 0.4) is 0 Å². The summed E-state index contributed by atoms with van der Waals surface area (Å²) in [6.07, 6.45) is 9.76. The van der Waals surface area contributed by atoms with Crippen molar-refractivity contribution in [2.75, 3.05) is 19.7 Å². The summed E-state index contributed by atoms with van der Waals surface area (Å²) in [5.41, 5.74) is 0.682. The van der Waals surface area contributed by atoms with Crippen molar-refractivity contribution in [3.05, 3.63) is 35.9 Å². The van der Waals surface area contributed by atoms with E-state index in [-0.39, 0.29) is 29.5 Å². The first-order valence-corrected chi connectivity index (χ1v) is 13.0. The Bertz CT molecular complexity index is 908. The van der Waals surface area contributed by atoms with E-state index in [0.717, 1.165) is 44.9 Å².